The largest absolute Gasteiger partial charge is 0.309 e. The van der Waals surface area contributed by atoms with E-state index in [-0.39, 0.29) is 10.8 Å². The van der Waals surface area contributed by atoms with E-state index >= 15 is 0 Å². The van der Waals surface area contributed by atoms with E-state index in [4.69, 9.17) is 0 Å². The second-order valence-electron chi connectivity index (χ2n) is 6.60. The van der Waals surface area contributed by atoms with Gasteiger partial charge in [-0.2, -0.15) is 0 Å². The summed E-state index contributed by atoms with van der Waals surface area (Å²) >= 11 is 3.23. The van der Waals surface area contributed by atoms with Crippen LogP contribution in [0.1, 0.15) is 18.0 Å². The lowest BCUT2D eigenvalue weighted by molar-refractivity contribution is 0.919. The molecule has 0 radical (unpaired) electrons. The molecule has 0 aliphatic rings. The van der Waals surface area contributed by atoms with Crippen LogP contribution in [0.2, 0.25) is 0 Å². The smallest absolute Gasteiger partial charge is 0.258 e. The number of nitrogens with zero attached hydrogens (tertiary/aromatic N) is 3. The maximum atomic E-state index is 12.4. The predicted molar refractivity (Wildman–Crippen MR) is 119 cm³/mol. The Morgan fingerprint density at radius 3 is 2.66 bits per heavy atom. The summed E-state index contributed by atoms with van der Waals surface area (Å²) in [6, 6.07) is 19.8. The summed E-state index contributed by atoms with van der Waals surface area (Å²) in [5.41, 5.74) is 1.75. The molecule has 3 heterocycles. The zero-order valence-corrected chi connectivity index (χ0v) is 17.1. The number of para-hydroxylation sites is 1. The van der Waals surface area contributed by atoms with E-state index in [0.29, 0.717) is 16.7 Å². The van der Waals surface area contributed by atoms with Crippen LogP contribution in [0.5, 0.6) is 0 Å². The Hall–Kier alpha value is -3.03. The molecule has 5 nitrogen and oxygen atoms in total. The highest BCUT2D eigenvalue weighted by Crippen LogP contribution is 2.40. The van der Waals surface area contributed by atoms with Gasteiger partial charge < -0.3 is 4.98 Å². The minimum atomic E-state index is -0.118. The predicted octanol–water partition coefficient (Wildman–Crippen LogP) is 5.45. The first-order valence-corrected chi connectivity index (χ1v) is 10.8. The van der Waals surface area contributed by atoms with Gasteiger partial charge in [0.2, 0.25) is 0 Å². The lowest BCUT2D eigenvalue weighted by Gasteiger charge is -2.11. The lowest BCUT2D eigenvalue weighted by atomic mass is 10.2. The lowest BCUT2D eigenvalue weighted by Crippen LogP contribution is -2.12. The monoisotopic (exact) mass is 416 g/mol. The molecule has 29 heavy (non-hydrogen) atoms. The Kier molecular flexibility index (Phi) is 4.61. The van der Waals surface area contributed by atoms with Gasteiger partial charge in [-0.25, -0.2) is 15.0 Å². The van der Waals surface area contributed by atoms with Gasteiger partial charge in [0.15, 0.2) is 0 Å². The first kappa shape index (κ1) is 18.0. The van der Waals surface area contributed by atoms with Crippen molar-refractivity contribution in [2.24, 2.45) is 0 Å². The fourth-order valence-corrected chi connectivity index (χ4v) is 5.21. The molecule has 0 aliphatic carbocycles. The van der Waals surface area contributed by atoms with Gasteiger partial charge in [-0.15, -0.1) is 11.3 Å². The highest BCUT2D eigenvalue weighted by molar-refractivity contribution is 7.99. The summed E-state index contributed by atoms with van der Waals surface area (Å²) in [5, 5.41) is 2.45. The number of thiophene rings is 1. The maximum absolute atomic E-state index is 12.4. The normalized spacial score (nSPS) is 12.4. The number of benzene rings is 2. The number of aromatic nitrogens is 4. The van der Waals surface area contributed by atoms with Gasteiger partial charge in [0.05, 0.1) is 16.2 Å². The molecule has 0 spiro atoms. The van der Waals surface area contributed by atoms with Crippen molar-refractivity contribution in [2.75, 3.05) is 0 Å². The van der Waals surface area contributed by atoms with Gasteiger partial charge in [-0.1, -0.05) is 54.2 Å². The van der Waals surface area contributed by atoms with E-state index in [9.17, 15) is 4.79 Å². The standard InChI is InChI=1S/C22H16N4OS2/c1-13(19-25-17-10-6-5-9-15(17)20(27)26-19)28-21-16-11-18(14-7-3-2-4-8-14)29-22(16)24-12-23-21/h2-13H,1H3,(H,25,26,27). The molecule has 1 unspecified atom stereocenters. The van der Waals surface area contributed by atoms with Crippen molar-refractivity contribution in [3.63, 3.8) is 0 Å². The zero-order chi connectivity index (χ0) is 19.8. The molecule has 7 heteroatoms. The van der Waals surface area contributed by atoms with Crippen molar-refractivity contribution in [3.8, 4) is 10.4 Å². The SMILES string of the molecule is CC(Sc1ncnc2sc(-c3ccccc3)cc12)c1nc2ccccc2c(=O)[nH]1. The van der Waals surface area contributed by atoms with Crippen molar-refractivity contribution in [3.05, 3.63) is 83.2 Å². The minimum absolute atomic E-state index is 0.0644. The molecule has 0 amide bonds. The molecule has 0 fully saturated rings. The van der Waals surface area contributed by atoms with Crippen molar-refractivity contribution in [2.45, 2.75) is 17.2 Å². The number of fused-ring (bicyclic) bond motifs is 2. The average molecular weight is 417 g/mol. The van der Waals surface area contributed by atoms with Gasteiger partial charge in [-0.05, 0) is 30.7 Å². The number of hydrogen-bond donors (Lipinski definition) is 1. The van der Waals surface area contributed by atoms with Crippen LogP contribution in [0.3, 0.4) is 0 Å². The summed E-state index contributed by atoms with van der Waals surface area (Å²) in [7, 11) is 0. The second kappa shape index (κ2) is 7.42. The van der Waals surface area contributed by atoms with Crippen molar-refractivity contribution in [1.29, 1.82) is 0 Å². The molecule has 0 aliphatic heterocycles. The summed E-state index contributed by atoms with van der Waals surface area (Å²) < 4.78 is 0. The Morgan fingerprint density at radius 2 is 1.79 bits per heavy atom. The third-order valence-electron chi connectivity index (χ3n) is 4.66. The highest BCUT2D eigenvalue weighted by atomic mass is 32.2. The van der Waals surface area contributed by atoms with Crippen molar-refractivity contribution >= 4 is 44.2 Å². The van der Waals surface area contributed by atoms with Gasteiger partial charge in [-0.3, -0.25) is 4.79 Å². The maximum Gasteiger partial charge on any atom is 0.258 e. The number of nitrogens with one attached hydrogen (secondary N) is 1. The number of H-pyrrole nitrogens is 1. The van der Waals surface area contributed by atoms with Gasteiger partial charge in [0.1, 0.15) is 22.0 Å². The molecule has 1 atom stereocenters. The van der Waals surface area contributed by atoms with Crippen LogP contribution >= 0.6 is 23.1 Å². The molecule has 0 saturated carbocycles. The summed E-state index contributed by atoms with van der Waals surface area (Å²) in [5.74, 6) is 0.643. The van der Waals surface area contributed by atoms with Crippen LogP contribution in [0.25, 0.3) is 31.6 Å². The molecular formula is C22H16N4OS2. The van der Waals surface area contributed by atoms with Crippen molar-refractivity contribution in [1.82, 2.24) is 19.9 Å². The Bertz CT molecular complexity index is 1380. The summed E-state index contributed by atoms with van der Waals surface area (Å²) in [4.78, 5) is 31.0. The van der Waals surface area contributed by atoms with E-state index < -0.39 is 0 Å². The molecule has 3 aromatic heterocycles. The topological polar surface area (TPSA) is 71.5 Å². The molecule has 142 valence electrons. The van der Waals surface area contributed by atoms with Gasteiger partial charge in [0.25, 0.3) is 5.56 Å². The second-order valence-corrected chi connectivity index (χ2v) is 8.96. The highest BCUT2D eigenvalue weighted by Gasteiger charge is 2.17. The van der Waals surface area contributed by atoms with Gasteiger partial charge in [0, 0.05) is 10.3 Å². The average Bonchev–Trinajstić information content (AvgIpc) is 3.20. The number of aromatic amines is 1. The van der Waals surface area contributed by atoms with Crippen molar-refractivity contribution < 1.29 is 0 Å². The van der Waals surface area contributed by atoms with Gasteiger partial charge >= 0.3 is 0 Å². The summed E-state index contributed by atoms with van der Waals surface area (Å²) in [6.45, 7) is 2.02. The van der Waals surface area contributed by atoms with E-state index in [0.717, 1.165) is 20.1 Å². The third kappa shape index (κ3) is 3.43. The minimum Gasteiger partial charge on any atom is -0.309 e. The molecule has 0 saturated heterocycles. The van der Waals surface area contributed by atoms with E-state index in [1.165, 1.54) is 5.56 Å². The first-order valence-electron chi connectivity index (χ1n) is 9.14. The molecule has 2 aromatic carbocycles. The zero-order valence-electron chi connectivity index (χ0n) is 15.5. The van der Waals surface area contributed by atoms with E-state index in [1.807, 2.05) is 43.3 Å². The third-order valence-corrected chi connectivity index (χ3v) is 6.87. The van der Waals surface area contributed by atoms with Crippen LogP contribution in [0, 0.1) is 0 Å². The van der Waals surface area contributed by atoms with E-state index in [1.54, 1.807) is 35.5 Å². The Labute approximate surface area is 174 Å². The first-order chi connectivity index (χ1) is 14.2. The van der Waals surface area contributed by atoms with Crippen LogP contribution < -0.4 is 5.56 Å². The molecular weight excluding hydrogens is 400 g/mol. The number of thioether (sulfide) groups is 1. The Morgan fingerprint density at radius 1 is 1.00 bits per heavy atom. The molecule has 0 bridgehead atoms. The van der Waals surface area contributed by atoms with Crippen LogP contribution in [-0.4, -0.2) is 19.9 Å². The fourth-order valence-electron chi connectivity index (χ4n) is 3.19. The van der Waals surface area contributed by atoms with Crippen LogP contribution in [0.4, 0.5) is 0 Å². The number of hydrogen-bond acceptors (Lipinski definition) is 6. The van der Waals surface area contributed by atoms with Crippen LogP contribution in [-0.2, 0) is 0 Å². The number of rotatable bonds is 4. The molecule has 1 N–H and O–H groups in total. The Balaban J connectivity index is 1.52. The van der Waals surface area contributed by atoms with E-state index in [2.05, 4.69) is 38.1 Å². The quantitative estimate of drug-likeness (QED) is 0.312. The molecule has 5 aromatic rings. The molecule has 5 rings (SSSR count). The van der Waals surface area contributed by atoms with Crippen LogP contribution in [0.15, 0.2) is 76.8 Å². The summed E-state index contributed by atoms with van der Waals surface area (Å²) in [6.07, 6.45) is 1.60. The fraction of sp³-hybridized carbons (Fsp3) is 0.0909.